The van der Waals surface area contributed by atoms with Crippen molar-refractivity contribution in [2.24, 2.45) is 10.1 Å². The number of amides is 3. The molecule has 1 unspecified atom stereocenters. The summed E-state index contributed by atoms with van der Waals surface area (Å²) in [6.45, 7) is 0. The van der Waals surface area contributed by atoms with Gasteiger partial charge in [0.2, 0.25) is 5.91 Å². The minimum atomic E-state index is -2.94. The van der Waals surface area contributed by atoms with Crippen LogP contribution in [0.2, 0.25) is 0 Å². The highest BCUT2D eigenvalue weighted by molar-refractivity contribution is 7.93. The molecule has 23 heavy (non-hydrogen) atoms. The predicted molar refractivity (Wildman–Crippen MR) is 90.1 cm³/mol. The van der Waals surface area contributed by atoms with Gasteiger partial charge in [-0.3, -0.25) is 4.79 Å². The smallest absolute Gasteiger partial charge is 0.353 e. The van der Waals surface area contributed by atoms with E-state index in [1.807, 2.05) is 0 Å². The Bertz CT molecular complexity index is 775. The van der Waals surface area contributed by atoms with Crippen LogP contribution < -0.4 is 11.1 Å². The van der Waals surface area contributed by atoms with E-state index in [-0.39, 0.29) is 0 Å². The molecule has 0 heterocycles. The first-order valence-electron chi connectivity index (χ1n) is 7.81. The normalized spacial score (nSPS) is 18.0. The fourth-order valence-corrected chi connectivity index (χ4v) is 4.56. The van der Waals surface area contributed by atoms with Gasteiger partial charge in [0.25, 0.3) is 0 Å². The molecule has 0 saturated heterocycles. The second kappa shape index (κ2) is 5.96. The van der Waals surface area contributed by atoms with Crippen molar-refractivity contribution in [2.75, 3.05) is 17.3 Å². The number of fused-ring (bicyclic) bond motifs is 2. The number of urea groups is 1. The van der Waals surface area contributed by atoms with Gasteiger partial charge in [0.05, 0.1) is 9.73 Å². The Morgan fingerprint density at radius 2 is 1.74 bits per heavy atom. The van der Waals surface area contributed by atoms with E-state index in [4.69, 9.17) is 5.73 Å². The van der Waals surface area contributed by atoms with Gasteiger partial charge in [-0.2, -0.15) is 0 Å². The van der Waals surface area contributed by atoms with Crippen LogP contribution in [-0.2, 0) is 40.2 Å². The number of benzene rings is 1. The zero-order chi connectivity index (χ0) is 16.6. The lowest BCUT2D eigenvalue weighted by atomic mass is 9.99. The molecule has 2 aliphatic rings. The molecule has 7 heteroatoms. The first kappa shape index (κ1) is 16.0. The van der Waals surface area contributed by atoms with Crippen molar-refractivity contribution >= 4 is 27.4 Å². The van der Waals surface area contributed by atoms with Crippen LogP contribution >= 0.6 is 0 Å². The van der Waals surface area contributed by atoms with E-state index in [2.05, 4.69) is 15.7 Å². The largest absolute Gasteiger partial charge is 0.369 e. The molecule has 2 aliphatic carbocycles. The van der Waals surface area contributed by atoms with E-state index in [0.717, 1.165) is 44.2 Å². The van der Waals surface area contributed by atoms with Gasteiger partial charge in [-0.15, -0.1) is 4.36 Å². The van der Waals surface area contributed by atoms with Crippen LogP contribution in [0.25, 0.3) is 0 Å². The fourth-order valence-electron chi connectivity index (χ4n) is 3.57. The summed E-state index contributed by atoms with van der Waals surface area (Å²) in [5.41, 5.74) is 10.9. The molecule has 0 spiro atoms. The zero-order valence-electron chi connectivity index (χ0n) is 13.2. The number of anilines is 1. The third kappa shape index (κ3) is 3.39. The minimum absolute atomic E-state index is 0.411. The summed E-state index contributed by atoms with van der Waals surface area (Å²) in [4.78, 5) is 23.1. The number of nitrogens with two attached hydrogens (primary N) is 1. The Kier molecular flexibility index (Phi) is 4.14. The van der Waals surface area contributed by atoms with Crippen LogP contribution in [0.15, 0.2) is 10.4 Å². The standard InChI is InChI=1S/C16H21N3O3S/c1-23(22,9-14(17)20)19-16(21)18-15-12-6-2-4-10(12)8-11-5-3-7-13(11)15/h8H,2-7,9H2,1H3,(H2,17,20)(H,18,21). The van der Waals surface area contributed by atoms with Crippen LogP contribution in [0.1, 0.15) is 35.1 Å². The van der Waals surface area contributed by atoms with E-state index in [1.54, 1.807) is 0 Å². The Hall–Kier alpha value is -1.89. The maximum atomic E-state index is 12.2. The molecule has 0 aromatic heterocycles. The summed E-state index contributed by atoms with van der Waals surface area (Å²) in [7, 11) is -2.94. The minimum Gasteiger partial charge on any atom is -0.369 e. The summed E-state index contributed by atoms with van der Waals surface area (Å²) in [5.74, 6) is -1.14. The highest BCUT2D eigenvalue weighted by atomic mass is 32.2. The van der Waals surface area contributed by atoms with Gasteiger partial charge in [-0.05, 0) is 60.8 Å². The third-order valence-electron chi connectivity index (χ3n) is 4.39. The maximum Gasteiger partial charge on any atom is 0.353 e. The number of primary amides is 1. The molecule has 1 aromatic rings. The van der Waals surface area contributed by atoms with Crippen molar-refractivity contribution in [1.82, 2.24) is 0 Å². The first-order valence-corrected chi connectivity index (χ1v) is 9.90. The predicted octanol–water partition coefficient (Wildman–Crippen LogP) is 1.78. The van der Waals surface area contributed by atoms with Gasteiger partial charge in [0.15, 0.2) is 0 Å². The van der Waals surface area contributed by atoms with Gasteiger partial charge in [-0.25, -0.2) is 9.00 Å². The molecule has 6 nitrogen and oxygen atoms in total. The van der Waals surface area contributed by atoms with Crippen molar-refractivity contribution in [3.05, 3.63) is 28.3 Å². The number of nitrogens with one attached hydrogen (secondary N) is 1. The number of carbonyl (C=O) groups excluding carboxylic acids is 2. The van der Waals surface area contributed by atoms with E-state index >= 15 is 0 Å². The van der Waals surface area contributed by atoms with Crippen LogP contribution in [0, 0.1) is 0 Å². The highest BCUT2D eigenvalue weighted by Gasteiger charge is 2.25. The molecule has 3 N–H and O–H groups in total. The molecule has 1 atom stereocenters. The molecule has 0 radical (unpaired) electrons. The number of hydrogen-bond acceptors (Lipinski definition) is 3. The summed E-state index contributed by atoms with van der Waals surface area (Å²) in [6, 6.07) is 1.61. The summed E-state index contributed by atoms with van der Waals surface area (Å²) in [5, 5.41) is 2.84. The van der Waals surface area contributed by atoms with Gasteiger partial charge < -0.3 is 11.1 Å². The lowest BCUT2D eigenvalue weighted by molar-refractivity contribution is -0.115. The number of hydrogen-bond donors (Lipinski definition) is 2. The molecule has 0 saturated carbocycles. The first-order chi connectivity index (χ1) is 10.9. The second-order valence-electron chi connectivity index (χ2n) is 6.33. The third-order valence-corrected chi connectivity index (χ3v) is 5.76. The SMILES string of the molecule is CS(=O)(CC(N)=O)=NC(=O)Nc1c2c(cc3c1CCC3)CCC2. The van der Waals surface area contributed by atoms with Crippen LogP contribution in [0.5, 0.6) is 0 Å². The van der Waals surface area contributed by atoms with Gasteiger partial charge in [0.1, 0.15) is 5.75 Å². The van der Waals surface area contributed by atoms with Crippen molar-refractivity contribution in [3.63, 3.8) is 0 Å². The lowest BCUT2D eigenvalue weighted by Gasteiger charge is -2.15. The van der Waals surface area contributed by atoms with E-state index in [1.165, 1.54) is 28.5 Å². The maximum absolute atomic E-state index is 12.2. The lowest BCUT2D eigenvalue weighted by Crippen LogP contribution is -2.23. The Morgan fingerprint density at radius 3 is 2.26 bits per heavy atom. The summed E-state index contributed by atoms with van der Waals surface area (Å²) >= 11 is 0. The average Bonchev–Trinajstić information content (AvgIpc) is 3.03. The molecule has 0 fully saturated rings. The van der Waals surface area contributed by atoms with Gasteiger partial charge in [0, 0.05) is 11.9 Å². The molecule has 3 rings (SSSR count). The van der Waals surface area contributed by atoms with Gasteiger partial charge in [-0.1, -0.05) is 6.07 Å². The number of aryl methyl sites for hydroxylation is 2. The number of carbonyl (C=O) groups is 2. The Morgan fingerprint density at radius 1 is 1.17 bits per heavy atom. The quantitative estimate of drug-likeness (QED) is 0.880. The van der Waals surface area contributed by atoms with Crippen molar-refractivity contribution in [3.8, 4) is 0 Å². The molecular formula is C16H21N3O3S. The van der Waals surface area contributed by atoms with Crippen LogP contribution in [0.3, 0.4) is 0 Å². The summed E-state index contributed by atoms with van der Waals surface area (Å²) < 4.78 is 15.8. The topological polar surface area (TPSA) is 102 Å². The van der Waals surface area contributed by atoms with E-state index in [0.29, 0.717) is 0 Å². The van der Waals surface area contributed by atoms with Crippen LogP contribution in [0.4, 0.5) is 10.5 Å². The van der Waals surface area contributed by atoms with Crippen molar-refractivity contribution in [1.29, 1.82) is 0 Å². The zero-order valence-corrected chi connectivity index (χ0v) is 14.0. The Balaban J connectivity index is 1.92. The molecule has 124 valence electrons. The number of rotatable bonds is 3. The summed E-state index contributed by atoms with van der Waals surface area (Å²) in [6.07, 6.45) is 7.41. The highest BCUT2D eigenvalue weighted by Crippen LogP contribution is 2.38. The molecular weight excluding hydrogens is 314 g/mol. The second-order valence-corrected chi connectivity index (χ2v) is 8.72. The monoisotopic (exact) mass is 335 g/mol. The van der Waals surface area contributed by atoms with Crippen molar-refractivity contribution < 1.29 is 13.8 Å². The van der Waals surface area contributed by atoms with Gasteiger partial charge >= 0.3 is 6.03 Å². The average molecular weight is 335 g/mol. The number of nitrogens with zero attached hydrogens (tertiary/aromatic N) is 1. The molecule has 3 amide bonds. The fraction of sp³-hybridized carbons (Fsp3) is 0.500. The van der Waals surface area contributed by atoms with E-state index in [9.17, 15) is 13.8 Å². The van der Waals surface area contributed by atoms with Crippen LogP contribution in [-0.4, -0.2) is 28.2 Å². The van der Waals surface area contributed by atoms with E-state index < -0.39 is 27.4 Å². The molecule has 1 aromatic carbocycles. The van der Waals surface area contributed by atoms with Crippen molar-refractivity contribution in [2.45, 2.75) is 38.5 Å². The Labute approximate surface area is 136 Å². The molecule has 0 aliphatic heterocycles. The molecule has 0 bridgehead atoms.